The standard InChI is InChI=1S/C18H17N3O2/c1-22-16-9-7-13(11-17(16)23-2)12-19-21-18-10-8-14-5-3-4-6-15(14)20-18/h3-12H,1-2H3,(H,20,21)/b19-12+. The molecule has 0 bridgehead atoms. The molecule has 0 amide bonds. The number of nitrogens with zero attached hydrogens (tertiary/aromatic N) is 2. The second-order valence-electron chi connectivity index (χ2n) is 4.87. The molecule has 0 aliphatic heterocycles. The first kappa shape index (κ1) is 14.8. The molecule has 5 heteroatoms. The monoisotopic (exact) mass is 307 g/mol. The van der Waals surface area contributed by atoms with Gasteiger partial charge in [0, 0.05) is 5.39 Å². The van der Waals surface area contributed by atoms with Crippen molar-refractivity contribution in [2.24, 2.45) is 5.10 Å². The Bertz CT molecular complexity index is 847. The number of hydrogen-bond donors (Lipinski definition) is 1. The van der Waals surface area contributed by atoms with Crippen molar-refractivity contribution >= 4 is 22.9 Å². The van der Waals surface area contributed by atoms with E-state index in [9.17, 15) is 0 Å². The third-order valence-corrected chi connectivity index (χ3v) is 3.40. The zero-order valence-electron chi connectivity index (χ0n) is 13.0. The Hall–Kier alpha value is -3.08. The van der Waals surface area contributed by atoms with Gasteiger partial charge >= 0.3 is 0 Å². The number of hydrazone groups is 1. The Kier molecular flexibility index (Phi) is 4.38. The summed E-state index contributed by atoms with van der Waals surface area (Å²) in [6, 6.07) is 17.5. The number of rotatable bonds is 5. The molecule has 2 aromatic carbocycles. The summed E-state index contributed by atoms with van der Waals surface area (Å²) in [5, 5.41) is 5.31. The molecule has 0 fully saturated rings. The number of ether oxygens (including phenoxy) is 2. The van der Waals surface area contributed by atoms with Crippen molar-refractivity contribution in [3.05, 3.63) is 60.2 Å². The maximum absolute atomic E-state index is 5.27. The number of anilines is 1. The molecular weight excluding hydrogens is 290 g/mol. The van der Waals surface area contributed by atoms with Crippen LogP contribution in [0.2, 0.25) is 0 Å². The lowest BCUT2D eigenvalue weighted by Crippen LogP contribution is -1.95. The van der Waals surface area contributed by atoms with Gasteiger partial charge in [0.1, 0.15) is 5.82 Å². The maximum Gasteiger partial charge on any atom is 0.161 e. The minimum absolute atomic E-state index is 0.667. The van der Waals surface area contributed by atoms with E-state index in [0.717, 1.165) is 16.5 Å². The summed E-state index contributed by atoms with van der Waals surface area (Å²) in [6.45, 7) is 0. The molecule has 3 rings (SSSR count). The molecule has 23 heavy (non-hydrogen) atoms. The second kappa shape index (κ2) is 6.79. The van der Waals surface area contributed by atoms with Gasteiger partial charge in [-0.25, -0.2) is 4.98 Å². The quantitative estimate of drug-likeness (QED) is 0.577. The third-order valence-electron chi connectivity index (χ3n) is 3.40. The zero-order valence-corrected chi connectivity index (χ0v) is 13.0. The Morgan fingerprint density at radius 3 is 2.61 bits per heavy atom. The van der Waals surface area contributed by atoms with Gasteiger partial charge in [-0.05, 0) is 42.0 Å². The van der Waals surface area contributed by atoms with Crippen molar-refractivity contribution in [1.29, 1.82) is 0 Å². The van der Waals surface area contributed by atoms with E-state index in [1.165, 1.54) is 0 Å². The van der Waals surface area contributed by atoms with E-state index < -0.39 is 0 Å². The number of hydrogen-bond acceptors (Lipinski definition) is 5. The largest absolute Gasteiger partial charge is 0.493 e. The first-order valence-corrected chi connectivity index (χ1v) is 7.17. The highest BCUT2D eigenvalue weighted by Crippen LogP contribution is 2.26. The lowest BCUT2D eigenvalue weighted by molar-refractivity contribution is 0.355. The molecule has 0 saturated heterocycles. The Balaban J connectivity index is 1.74. The smallest absolute Gasteiger partial charge is 0.161 e. The predicted octanol–water partition coefficient (Wildman–Crippen LogP) is 3.70. The second-order valence-corrected chi connectivity index (χ2v) is 4.87. The van der Waals surface area contributed by atoms with Gasteiger partial charge in [0.25, 0.3) is 0 Å². The summed E-state index contributed by atoms with van der Waals surface area (Å²) in [4.78, 5) is 4.50. The van der Waals surface area contributed by atoms with E-state index in [4.69, 9.17) is 9.47 Å². The molecule has 0 radical (unpaired) electrons. The maximum atomic E-state index is 5.27. The van der Waals surface area contributed by atoms with Gasteiger partial charge in [0.15, 0.2) is 11.5 Å². The van der Waals surface area contributed by atoms with Gasteiger partial charge in [-0.15, -0.1) is 0 Å². The molecule has 0 spiro atoms. The van der Waals surface area contributed by atoms with Crippen LogP contribution < -0.4 is 14.9 Å². The fourth-order valence-corrected chi connectivity index (χ4v) is 2.23. The van der Waals surface area contributed by atoms with E-state index in [1.807, 2.05) is 54.6 Å². The van der Waals surface area contributed by atoms with Crippen LogP contribution in [0.5, 0.6) is 11.5 Å². The summed E-state index contributed by atoms with van der Waals surface area (Å²) in [6.07, 6.45) is 1.71. The SMILES string of the molecule is COc1ccc(/C=N/Nc2ccc3ccccc3n2)cc1OC. The fourth-order valence-electron chi connectivity index (χ4n) is 2.23. The molecule has 0 atom stereocenters. The van der Waals surface area contributed by atoms with Crippen molar-refractivity contribution < 1.29 is 9.47 Å². The van der Waals surface area contributed by atoms with Gasteiger partial charge in [0.2, 0.25) is 0 Å². The van der Waals surface area contributed by atoms with E-state index in [1.54, 1.807) is 20.4 Å². The molecule has 3 aromatic rings. The van der Waals surface area contributed by atoms with E-state index in [0.29, 0.717) is 17.3 Å². The topological polar surface area (TPSA) is 55.7 Å². The number of para-hydroxylation sites is 1. The molecule has 116 valence electrons. The van der Waals surface area contributed by atoms with E-state index in [2.05, 4.69) is 15.5 Å². The predicted molar refractivity (Wildman–Crippen MR) is 92.5 cm³/mol. The average molecular weight is 307 g/mol. The van der Waals surface area contributed by atoms with Gasteiger partial charge in [-0.3, -0.25) is 5.43 Å². The summed E-state index contributed by atoms with van der Waals surface area (Å²) in [7, 11) is 3.22. The minimum atomic E-state index is 0.667. The van der Waals surface area contributed by atoms with Crippen LogP contribution in [0.1, 0.15) is 5.56 Å². The van der Waals surface area contributed by atoms with Crippen molar-refractivity contribution in [3.8, 4) is 11.5 Å². The number of methoxy groups -OCH3 is 2. The Morgan fingerprint density at radius 1 is 0.957 bits per heavy atom. The van der Waals surface area contributed by atoms with Gasteiger partial charge in [0.05, 0.1) is 26.0 Å². The van der Waals surface area contributed by atoms with Crippen molar-refractivity contribution in [1.82, 2.24) is 4.98 Å². The number of pyridine rings is 1. The highest BCUT2D eigenvalue weighted by Gasteiger charge is 2.03. The van der Waals surface area contributed by atoms with Crippen LogP contribution in [-0.4, -0.2) is 25.4 Å². The van der Waals surface area contributed by atoms with Crippen molar-refractivity contribution in [2.45, 2.75) is 0 Å². The minimum Gasteiger partial charge on any atom is -0.493 e. The lowest BCUT2D eigenvalue weighted by Gasteiger charge is -2.07. The molecule has 1 heterocycles. The average Bonchev–Trinajstić information content (AvgIpc) is 2.61. The molecule has 1 N–H and O–H groups in total. The normalized spacial score (nSPS) is 10.9. The summed E-state index contributed by atoms with van der Waals surface area (Å²) in [5.74, 6) is 2.05. The molecule has 1 aromatic heterocycles. The molecule has 0 unspecified atom stereocenters. The summed E-state index contributed by atoms with van der Waals surface area (Å²) in [5.41, 5.74) is 4.77. The highest BCUT2D eigenvalue weighted by atomic mass is 16.5. The molecule has 0 saturated carbocycles. The number of benzene rings is 2. The van der Waals surface area contributed by atoms with Crippen LogP contribution in [-0.2, 0) is 0 Å². The third kappa shape index (κ3) is 3.40. The summed E-state index contributed by atoms with van der Waals surface area (Å²) < 4.78 is 10.5. The molecule has 5 nitrogen and oxygen atoms in total. The zero-order chi connectivity index (χ0) is 16.1. The van der Waals surface area contributed by atoms with Gasteiger partial charge in [-0.1, -0.05) is 18.2 Å². The van der Waals surface area contributed by atoms with Crippen LogP contribution in [0.4, 0.5) is 5.82 Å². The highest BCUT2D eigenvalue weighted by molar-refractivity contribution is 5.82. The van der Waals surface area contributed by atoms with Gasteiger partial charge in [-0.2, -0.15) is 5.10 Å². The van der Waals surface area contributed by atoms with Crippen LogP contribution in [0, 0.1) is 0 Å². The van der Waals surface area contributed by atoms with Crippen LogP contribution in [0.25, 0.3) is 10.9 Å². The number of aromatic nitrogens is 1. The molecule has 0 aliphatic rings. The van der Waals surface area contributed by atoms with Crippen LogP contribution >= 0.6 is 0 Å². The Labute approximate surface area is 134 Å². The lowest BCUT2D eigenvalue weighted by atomic mass is 10.2. The van der Waals surface area contributed by atoms with Crippen molar-refractivity contribution in [3.63, 3.8) is 0 Å². The fraction of sp³-hybridized carbons (Fsp3) is 0.111. The van der Waals surface area contributed by atoms with Crippen LogP contribution in [0.3, 0.4) is 0 Å². The molecular formula is C18H17N3O2. The van der Waals surface area contributed by atoms with Crippen LogP contribution in [0.15, 0.2) is 59.7 Å². The Morgan fingerprint density at radius 2 is 1.78 bits per heavy atom. The number of fused-ring (bicyclic) bond motifs is 1. The molecule has 0 aliphatic carbocycles. The van der Waals surface area contributed by atoms with Gasteiger partial charge < -0.3 is 9.47 Å². The summed E-state index contributed by atoms with van der Waals surface area (Å²) >= 11 is 0. The first-order chi connectivity index (χ1) is 11.3. The van der Waals surface area contributed by atoms with E-state index >= 15 is 0 Å². The first-order valence-electron chi connectivity index (χ1n) is 7.17. The number of nitrogens with one attached hydrogen (secondary N) is 1. The van der Waals surface area contributed by atoms with Crippen molar-refractivity contribution in [2.75, 3.05) is 19.6 Å². The van der Waals surface area contributed by atoms with E-state index in [-0.39, 0.29) is 0 Å².